The maximum absolute atomic E-state index is 4.36. The van der Waals surface area contributed by atoms with Crippen molar-refractivity contribution < 1.29 is 0 Å². The predicted molar refractivity (Wildman–Crippen MR) is 147 cm³/mol. The van der Waals surface area contributed by atoms with Crippen LogP contribution in [0.3, 0.4) is 0 Å². The molecule has 178 valence electrons. The zero-order valence-electron chi connectivity index (χ0n) is 19.5. The maximum Gasteiger partial charge on any atom is 0.225 e. The summed E-state index contributed by atoms with van der Waals surface area (Å²) < 4.78 is 0. The van der Waals surface area contributed by atoms with Gasteiger partial charge in [0.05, 0.1) is 0 Å². The van der Waals surface area contributed by atoms with Gasteiger partial charge in [-0.2, -0.15) is 0 Å². The fourth-order valence-corrected chi connectivity index (χ4v) is 4.18. The predicted octanol–water partition coefficient (Wildman–Crippen LogP) is 2.80. The van der Waals surface area contributed by atoms with Crippen LogP contribution in [0.4, 0.5) is 5.95 Å². The van der Waals surface area contributed by atoms with Crippen LogP contribution in [0.1, 0.15) is 17.5 Å². The number of piperazine rings is 1. The number of H-pyrrole nitrogens is 1. The molecular formula is C24H35IN8. The Kier molecular flexibility index (Phi) is 9.74. The SMILES string of the molecule is CN=C(NCCCN1CCN(c2ncccn2)CC1)NCCc1c[nH]c2cc(C)ccc12.I. The van der Waals surface area contributed by atoms with E-state index in [9.17, 15) is 0 Å². The van der Waals surface area contributed by atoms with Gasteiger partial charge in [-0.3, -0.25) is 9.89 Å². The lowest BCUT2D eigenvalue weighted by Crippen LogP contribution is -2.47. The van der Waals surface area contributed by atoms with E-state index in [2.05, 4.69) is 71.7 Å². The van der Waals surface area contributed by atoms with E-state index in [1.54, 1.807) is 0 Å². The van der Waals surface area contributed by atoms with Crippen molar-refractivity contribution in [2.45, 2.75) is 19.8 Å². The molecule has 1 fully saturated rings. The first-order chi connectivity index (χ1) is 15.7. The Morgan fingerprint density at radius 3 is 2.61 bits per heavy atom. The van der Waals surface area contributed by atoms with Crippen LogP contribution < -0.4 is 15.5 Å². The molecule has 0 atom stereocenters. The number of aryl methyl sites for hydroxylation is 1. The van der Waals surface area contributed by atoms with Crippen molar-refractivity contribution in [3.05, 3.63) is 54.0 Å². The normalized spacial score (nSPS) is 14.8. The quantitative estimate of drug-likeness (QED) is 0.170. The van der Waals surface area contributed by atoms with E-state index in [0.717, 1.165) is 70.6 Å². The molecule has 1 aromatic carbocycles. The highest BCUT2D eigenvalue weighted by molar-refractivity contribution is 14.0. The van der Waals surface area contributed by atoms with Gasteiger partial charge in [-0.1, -0.05) is 12.1 Å². The molecule has 3 N–H and O–H groups in total. The van der Waals surface area contributed by atoms with E-state index in [4.69, 9.17) is 0 Å². The van der Waals surface area contributed by atoms with Gasteiger partial charge in [-0.05, 0) is 49.6 Å². The van der Waals surface area contributed by atoms with Gasteiger partial charge in [0.2, 0.25) is 5.95 Å². The van der Waals surface area contributed by atoms with Crippen molar-refractivity contribution in [1.82, 2.24) is 30.5 Å². The van der Waals surface area contributed by atoms with Crippen molar-refractivity contribution in [3.8, 4) is 0 Å². The van der Waals surface area contributed by atoms with Crippen molar-refractivity contribution in [3.63, 3.8) is 0 Å². The van der Waals surface area contributed by atoms with Gasteiger partial charge in [0.15, 0.2) is 5.96 Å². The van der Waals surface area contributed by atoms with Gasteiger partial charge in [0.1, 0.15) is 0 Å². The van der Waals surface area contributed by atoms with E-state index >= 15 is 0 Å². The molecule has 0 saturated carbocycles. The summed E-state index contributed by atoms with van der Waals surface area (Å²) in [6.07, 6.45) is 7.78. The zero-order chi connectivity index (χ0) is 22.2. The fourth-order valence-electron chi connectivity index (χ4n) is 4.18. The molecule has 4 rings (SSSR count). The van der Waals surface area contributed by atoms with Crippen LogP contribution in [0.25, 0.3) is 10.9 Å². The minimum Gasteiger partial charge on any atom is -0.361 e. The number of fused-ring (bicyclic) bond motifs is 1. The Labute approximate surface area is 213 Å². The van der Waals surface area contributed by atoms with Crippen molar-refractivity contribution in [2.24, 2.45) is 4.99 Å². The second-order valence-electron chi connectivity index (χ2n) is 8.27. The summed E-state index contributed by atoms with van der Waals surface area (Å²) in [7, 11) is 1.83. The molecule has 1 aliphatic rings. The minimum absolute atomic E-state index is 0. The van der Waals surface area contributed by atoms with Crippen LogP contribution in [0, 0.1) is 6.92 Å². The van der Waals surface area contributed by atoms with Gasteiger partial charge in [0.25, 0.3) is 0 Å². The van der Waals surface area contributed by atoms with Gasteiger partial charge < -0.3 is 20.5 Å². The summed E-state index contributed by atoms with van der Waals surface area (Å²) in [5, 5.41) is 8.18. The standard InChI is InChI=1S/C24H34N8.HI/c1-19-5-6-21-20(18-30-22(21)17-19)7-11-27-23(25-2)26-10-4-12-31-13-15-32(16-14-31)24-28-8-3-9-29-24;/h3,5-6,8-9,17-18,30H,4,7,10-16H2,1-2H3,(H2,25,26,27);1H. The number of benzene rings is 1. The molecule has 33 heavy (non-hydrogen) atoms. The maximum atomic E-state index is 4.36. The van der Waals surface area contributed by atoms with Gasteiger partial charge in [0, 0.05) is 75.8 Å². The number of anilines is 1. The van der Waals surface area contributed by atoms with Crippen molar-refractivity contribution in [2.75, 3.05) is 57.8 Å². The number of aromatic amines is 1. The third kappa shape index (κ3) is 7.04. The number of hydrogen-bond acceptors (Lipinski definition) is 5. The van der Waals surface area contributed by atoms with Crippen LogP contribution in [-0.4, -0.2) is 78.7 Å². The average Bonchev–Trinajstić information content (AvgIpc) is 3.23. The summed E-state index contributed by atoms with van der Waals surface area (Å²) >= 11 is 0. The Hall–Kier alpha value is -2.40. The molecule has 9 heteroatoms. The zero-order valence-corrected chi connectivity index (χ0v) is 21.9. The number of hydrogen-bond donors (Lipinski definition) is 3. The summed E-state index contributed by atoms with van der Waals surface area (Å²) in [6.45, 7) is 9.03. The van der Waals surface area contributed by atoms with Gasteiger partial charge in [-0.15, -0.1) is 24.0 Å². The monoisotopic (exact) mass is 562 g/mol. The molecule has 1 saturated heterocycles. The average molecular weight is 563 g/mol. The molecule has 0 radical (unpaired) electrons. The Bertz CT molecular complexity index is 1010. The van der Waals surface area contributed by atoms with E-state index in [0.29, 0.717) is 0 Å². The minimum atomic E-state index is 0. The second kappa shape index (κ2) is 12.7. The summed E-state index contributed by atoms with van der Waals surface area (Å²) in [6, 6.07) is 8.43. The van der Waals surface area contributed by atoms with E-state index in [-0.39, 0.29) is 24.0 Å². The molecule has 0 bridgehead atoms. The molecule has 8 nitrogen and oxygen atoms in total. The van der Waals surface area contributed by atoms with Crippen molar-refractivity contribution in [1.29, 1.82) is 0 Å². The largest absolute Gasteiger partial charge is 0.361 e. The highest BCUT2D eigenvalue weighted by Crippen LogP contribution is 2.19. The lowest BCUT2D eigenvalue weighted by atomic mass is 10.1. The van der Waals surface area contributed by atoms with E-state index < -0.39 is 0 Å². The van der Waals surface area contributed by atoms with Crippen LogP contribution in [0.2, 0.25) is 0 Å². The lowest BCUT2D eigenvalue weighted by Gasteiger charge is -2.34. The summed E-state index contributed by atoms with van der Waals surface area (Å²) in [5.74, 6) is 1.71. The smallest absolute Gasteiger partial charge is 0.225 e. The Balaban J connectivity index is 0.00000306. The number of aliphatic imine (C=N–C) groups is 1. The molecule has 0 spiro atoms. The molecule has 3 aromatic rings. The van der Waals surface area contributed by atoms with Crippen LogP contribution in [0.5, 0.6) is 0 Å². The van der Waals surface area contributed by atoms with E-state index in [1.165, 1.54) is 22.0 Å². The third-order valence-corrected chi connectivity index (χ3v) is 5.98. The van der Waals surface area contributed by atoms with Crippen LogP contribution >= 0.6 is 24.0 Å². The number of nitrogens with one attached hydrogen (secondary N) is 3. The first-order valence-electron chi connectivity index (χ1n) is 11.5. The summed E-state index contributed by atoms with van der Waals surface area (Å²) in [5.41, 5.74) is 3.82. The first-order valence-corrected chi connectivity index (χ1v) is 11.5. The molecule has 0 unspecified atom stereocenters. The number of aromatic nitrogens is 3. The van der Waals surface area contributed by atoms with Gasteiger partial charge >= 0.3 is 0 Å². The number of nitrogens with zero attached hydrogens (tertiary/aromatic N) is 5. The van der Waals surface area contributed by atoms with Gasteiger partial charge in [-0.25, -0.2) is 9.97 Å². The molecule has 3 heterocycles. The van der Waals surface area contributed by atoms with E-state index in [1.807, 2.05) is 25.5 Å². The molecule has 1 aliphatic heterocycles. The van der Waals surface area contributed by atoms with Crippen LogP contribution in [-0.2, 0) is 6.42 Å². The highest BCUT2D eigenvalue weighted by Gasteiger charge is 2.18. The lowest BCUT2D eigenvalue weighted by molar-refractivity contribution is 0.254. The highest BCUT2D eigenvalue weighted by atomic mass is 127. The number of halogens is 1. The molecular weight excluding hydrogens is 527 g/mol. The van der Waals surface area contributed by atoms with Crippen molar-refractivity contribution >= 4 is 46.8 Å². The fraction of sp³-hybridized carbons (Fsp3) is 0.458. The number of rotatable bonds is 8. The molecule has 0 amide bonds. The number of guanidine groups is 1. The third-order valence-electron chi connectivity index (χ3n) is 5.98. The summed E-state index contributed by atoms with van der Waals surface area (Å²) in [4.78, 5) is 21.2. The Morgan fingerprint density at radius 1 is 1.09 bits per heavy atom. The second-order valence-corrected chi connectivity index (χ2v) is 8.27. The first kappa shape index (κ1) is 25.2. The molecule has 0 aliphatic carbocycles. The molecule has 2 aromatic heterocycles. The van der Waals surface area contributed by atoms with Crippen LogP contribution in [0.15, 0.2) is 47.8 Å². The Morgan fingerprint density at radius 2 is 1.85 bits per heavy atom. The topological polar surface area (TPSA) is 84.5 Å².